The number of hydrogen-bond acceptors (Lipinski definition) is 3. The summed E-state index contributed by atoms with van der Waals surface area (Å²) in [6.45, 7) is 0.212. The number of nitrogens with two attached hydrogens (primary N) is 1. The molecular weight excluding hydrogens is 395 g/mol. The molecule has 2 aromatic carbocycles. The van der Waals surface area contributed by atoms with E-state index in [2.05, 4.69) is 15.0 Å². The Morgan fingerprint density at radius 3 is 2.57 bits per heavy atom. The molecule has 0 atom stereocenters. The van der Waals surface area contributed by atoms with Crippen molar-refractivity contribution in [2.45, 2.75) is 25.6 Å². The first-order chi connectivity index (χ1) is 14.3. The van der Waals surface area contributed by atoms with Crippen molar-refractivity contribution in [2.75, 3.05) is 0 Å². The van der Waals surface area contributed by atoms with Gasteiger partial charge in [-0.2, -0.15) is 13.2 Å². The van der Waals surface area contributed by atoms with Crippen LogP contribution < -0.4 is 5.73 Å². The Labute approximate surface area is 169 Å². The topological polar surface area (TPSA) is 89.6 Å². The molecule has 0 bridgehead atoms. The number of hydrogen-bond donors (Lipinski definition) is 2. The number of alkyl halides is 3. The van der Waals surface area contributed by atoms with E-state index in [1.807, 2.05) is 30.3 Å². The fraction of sp³-hybridized carbons (Fsp3) is 0.190. The number of imidazole rings is 2. The number of halogens is 3. The number of amides is 1. The molecule has 154 valence electrons. The van der Waals surface area contributed by atoms with Crippen molar-refractivity contribution in [1.82, 2.24) is 19.5 Å². The van der Waals surface area contributed by atoms with Crippen molar-refractivity contribution in [3.05, 3.63) is 83.2 Å². The summed E-state index contributed by atoms with van der Waals surface area (Å²) < 4.78 is 40.9. The summed E-state index contributed by atoms with van der Waals surface area (Å²) in [5.41, 5.74) is 8.89. The van der Waals surface area contributed by atoms with Crippen LogP contribution in [0.2, 0.25) is 0 Å². The zero-order valence-corrected chi connectivity index (χ0v) is 15.8. The van der Waals surface area contributed by atoms with Crippen LogP contribution in [0.15, 0.2) is 54.9 Å². The standard InChI is InChI=1S/C21H18F3N5O/c22-21(23,24)20-27-15-8-4-7-14(19(15)28-20)11-29-12-26-16(17(29)10-18(25)30)9-13-5-2-1-3-6-13/h1-8,12H,9-11H2,(H2,25,30)(H,27,28). The molecule has 0 spiro atoms. The molecule has 0 radical (unpaired) electrons. The summed E-state index contributed by atoms with van der Waals surface area (Å²) in [6, 6.07) is 14.5. The van der Waals surface area contributed by atoms with Crippen molar-refractivity contribution >= 4 is 16.9 Å². The van der Waals surface area contributed by atoms with Crippen LogP contribution in [0.5, 0.6) is 0 Å². The Hall–Kier alpha value is -3.62. The number of rotatable bonds is 6. The molecule has 0 saturated carbocycles. The predicted molar refractivity (Wildman–Crippen MR) is 105 cm³/mol. The van der Waals surface area contributed by atoms with Crippen LogP contribution in [0.1, 0.15) is 28.3 Å². The zero-order valence-electron chi connectivity index (χ0n) is 15.8. The van der Waals surface area contributed by atoms with Gasteiger partial charge in [0.15, 0.2) is 0 Å². The molecule has 2 heterocycles. The monoisotopic (exact) mass is 413 g/mol. The normalized spacial score (nSPS) is 11.8. The number of aromatic amines is 1. The summed E-state index contributed by atoms with van der Waals surface area (Å²) in [5.74, 6) is -1.55. The van der Waals surface area contributed by atoms with E-state index in [0.717, 1.165) is 5.56 Å². The van der Waals surface area contributed by atoms with Crippen LogP contribution in [0, 0.1) is 0 Å². The summed E-state index contributed by atoms with van der Waals surface area (Å²) in [7, 11) is 0. The second kappa shape index (κ2) is 7.66. The van der Waals surface area contributed by atoms with Gasteiger partial charge in [0.25, 0.3) is 0 Å². The molecule has 0 saturated heterocycles. The van der Waals surface area contributed by atoms with E-state index in [4.69, 9.17) is 5.73 Å². The molecule has 0 aliphatic heterocycles. The molecule has 9 heteroatoms. The van der Waals surface area contributed by atoms with Crippen LogP contribution in [0.4, 0.5) is 13.2 Å². The third-order valence-corrected chi connectivity index (χ3v) is 4.79. The maximum atomic E-state index is 13.0. The fourth-order valence-corrected chi connectivity index (χ4v) is 3.43. The van der Waals surface area contributed by atoms with Crippen molar-refractivity contribution in [1.29, 1.82) is 0 Å². The van der Waals surface area contributed by atoms with Crippen molar-refractivity contribution < 1.29 is 18.0 Å². The highest BCUT2D eigenvalue weighted by molar-refractivity contribution is 5.79. The zero-order chi connectivity index (χ0) is 21.3. The second-order valence-electron chi connectivity index (χ2n) is 6.97. The minimum absolute atomic E-state index is 0.0213. The highest BCUT2D eigenvalue weighted by atomic mass is 19.4. The SMILES string of the molecule is NC(=O)Cc1c(Cc2ccccc2)ncn1Cc1cccc2[nH]c(C(F)(F)F)nc12. The van der Waals surface area contributed by atoms with Gasteiger partial charge in [0.1, 0.15) is 0 Å². The lowest BCUT2D eigenvalue weighted by Gasteiger charge is -2.10. The van der Waals surface area contributed by atoms with Crippen molar-refractivity contribution in [2.24, 2.45) is 5.73 Å². The number of para-hydroxylation sites is 1. The average Bonchev–Trinajstić information content (AvgIpc) is 3.28. The molecule has 6 nitrogen and oxygen atoms in total. The van der Waals surface area contributed by atoms with E-state index in [-0.39, 0.29) is 18.5 Å². The molecule has 30 heavy (non-hydrogen) atoms. The van der Waals surface area contributed by atoms with E-state index in [9.17, 15) is 18.0 Å². The predicted octanol–water partition coefficient (Wildman–Crippen LogP) is 3.45. The number of fused-ring (bicyclic) bond motifs is 1. The van der Waals surface area contributed by atoms with Gasteiger partial charge >= 0.3 is 6.18 Å². The van der Waals surface area contributed by atoms with Crippen molar-refractivity contribution in [3.8, 4) is 0 Å². The Balaban J connectivity index is 1.71. The number of carbonyl (C=O) groups excluding carboxylic acids is 1. The molecule has 0 aliphatic carbocycles. The molecule has 4 rings (SSSR count). The van der Waals surface area contributed by atoms with Crippen LogP contribution in [-0.4, -0.2) is 25.4 Å². The van der Waals surface area contributed by atoms with Gasteiger partial charge in [-0.3, -0.25) is 4.79 Å². The van der Waals surface area contributed by atoms with E-state index >= 15 is 0 Å². The first-order valence-corrected chi connectivity index (χ1v) is 9.21. The van der Waals surface area contributed by atoms with Gasteiger partial charge in [0.2, 0.25) is 11.7 Å². The summed E-state index contributed by atoms with van der Waals surface area (Å²) in [5, 5.41) is 0. The van der Waals surface area contributed by atoms with Crippen LogP contribution >= 0.6 is 0 Å². The largest absolute Gasteiger partial charge is 0.449 e. The molecular formula is C21H18F3N5O. The maximum absolute atomic E-state index is 13.0. The van der Waals surface area contributed by atoms with Crippen LogP contribution in [0.25, 0.3) is 11.0 Å². The van der Waals surface area contributed by atoms with Crippen molar-refractivity contribution in [3.63, 3.8) is 0 Å². The summed E-state index contributed by atoms with van der Waals surface area (Å²) in [4.78, 5) is 22.1. The van der Waals surface area contributed by atoms with E-state index in [1.165, 1.54) is 0 Å². The molecule has 2 aromatic heterocycles. The highest BCUT2D eigenvalue weighted by Crippen LogP contribution is 2.30. The smallest absolute Gasteiger partial charge is 0.369 e. The number of nitrogens with zero attached hydrogens (tertiary/aromatic N) is 3. The molecule has 1 amide bonds. The van der Waals surface area contributed by atoms with Gasteiger partial charge < -0.3 is 15.3 Å². The summed E-state index contributed by atoms with van der Waals surface area (Å²) >= 11 is 0. The number of carbonyl (C=O) groups is 1. The van der Waals surface area contributed by atoms with Crippen LogP contribution in [0.3, 0.4) is 0 Å². The minimum Gasteiger partial charge on any atom is -0.369 e. The number of nitrogens with one attached hydrogen (secondary N) is 1. The van der Waals surface area contributed by atoms with Gasteiger partial charge in [-0.15, -0.1) is 0 Å². The lowest BCUT2D eigenvalue weighted by atomic mass is 10.1. The number of benzene rings is 2. The lowest BCUT2D eigenvalue weighted by molar-refractivity contribution is -0.144. The van der Waals surface area contributed by atoms with Gasteiger partial charge in [-0.25, -0.2) is 9.97 Å². The second-order valence-corrected chi connectivity index (χ2v) is 6.97. The van der Waals surface area contributed by atoms with E-state index in [0.29, 0.717) is 28.9 Å². The van der Waals surface area contributed by atoms with Gasteiger partial charge in [0.05, 0.1) is 41.7 Å². The molecule has 4 aromatic rings. The molecule has 0 unspecified atom stereocenters. The number of H-pyrrole nitrogens is 1. The first kappa shape index (κ1) is 19.7. The van der Waals surface area contributed by atoms with Gasteiger partial charge in [-0.05, 0) is 17.2 Å². The van der Waals surface area contributed by atoms with Gasteiger partial charge in [0, 0.05) is 6.42 Å². The van der Waals surface area contributed by atoms with Gasteiger partial charge in [-0.1, -0.05) is 42.5 Å². The molecule has 3 N–H and O–H groups in total. The number of primary amides is 1. The average molecular weight is 413 g/mol. The quantitative estimate of drug-likeness (QED) is 0.507. The molecule has 0 aliphatic rings. The first-order valence-electron chi connectivity index (χ1n) is 9.21. The third-order valence-electron chi connectivity index (χ3n) is 4.79. The maximum Gasteiger partial charge on any atom is 0.449 e. The van der Waals surface area contributed by atoms with Crippen LogP contribution in [-0.2, 0) is 30.4 Å². The lowest BCUT2D eigenvalue weighted by Crippen LogP contribution is -2.18. The fourth-order valence-electron chi connectivity index (χ4n) is 3.43. The Kier molecular flexibility index (Phi) is 5.03. The Morgan fingerprint density at radius 1 is 1.10 bits per heavy atom. The third kappa shape index (κ3) is 4.05. The summed E-state index contributed by atoms with van der Waals surface area (Å²) in [6.07, 6.45) is -2.49. The molecule has 0 fully saturated rings. The Morgan fingerprint density at radius 2 is 1.87 bits per heavy atom. The van der Waals surface area contributed by atoms with E-state index in [1.54, 1.807) is 29.1 Å². The Bertz CT molecular complexity index is 1190. The minimum atomic E-state index is -4.56. The number of aromatic nitrogens is 4. The van der Waals surface area contributed by atoms with E-state index < -0.39 is 17.9 Å². The highest BCUT2D eigenvalue weighted by Gasteiger charge is 2.35.